The second kappa shape index (κ2) is 6.09. The van der Waals surface area contributed by atoms with Gasteiger partial charge < -0.3 is 4.74 Å². The first-order chi connectivity index (χ1) is 4.35. The predicted octanol–water partition coefficient (Wildman–Crippen LogP) is 2.60. The van der Waals surface area contributed by atoms with E-state index in [0.717, 1.165) is 13.0 Å². The fourth-order valence-corrected chi connectivity index (χ4v) is 0.963. The second-order valence-electron chi connectivity index (χ2n) is 2.27. The molecular weight excluding hydrogens is 112 g/mol. The molecule has 0 amide bonds. The minimum absolute atomic E-state index is 0.514. The molecule has 0 aromatic carbocycles. The molecule has 1 heteroatoms. The summed E-state index contributed by atoms with van der Waals surface area (Å²) in [5.74, 6) is 0. The van der Waals surface area contributed by atoms with Gasteiger partial charge in [0.05, 0.1) is 6.10 Å². The third kappa shape index (κ3) is 4.46. The number of hydrogen-bond acceptors (Lipinski definition) is 1. The lowest BCUT2D eigenvalue weighted by atomic mass is 10.2. The van der Waals surface area contributed by atoms with Gasteiger partial charge in [-0.1, -0.05) is 20.3 Å². The van der Waals surface area contributed by atoms with Crippen molar-refractivity contribution in [2.75, 3.05) is 6.61 Å². The molecule has 0 aromatic rings. The Morgan fingerprint density at radius 1 is 1.22 bits per heavy atom. The molecule has 0 N–H and O–H groups in total. The van der Waals surface area contributed by atoms with E-state index in [1.54, 1.807) is 0 Å². The predicted molar refractivity (Wildman–Crippen MR) is 40.6 cm³/mol. The standard InChI is InChI=1S/C8H18O/c1-4-7-8(5-2)9-6-3/h8H,4-7H2,1-3H3/t8-/m1/s1. The first kappa shape index (κ1) is 8.96. The fraction of sp³-hybridized carbons (Fsp3) is 1.00. The number of hydrogen-bond donors (Lipinski definition) is 0. The van der Waals surface area contributed by atoms with Crippen molar-refractivity contribution >= 4 is 0 Å². The van der Waals surface area contributed by atoms with Crippen molar-refractivity contribution in [2.24, 2.45) is 0 Å². The molecule has 0 aliphatic rings. The van der Waals surface area contributed by atoms with Crippen LogP contribution in [0.1, 0.15) is 40.0 Å². The van der Waals surface area contributed by atoms with Crippen LogP contribution in [0.5, 0.6) is 0 Å². The highest BCUT2D eigenvalue weighted by Crippen LogP contribution is 2.04. The zero-order valence-corrected chi connectivity index (χ0v) is 6.81. The van der Waals surface area contributed by atoms with Crippen LogP contribution in [0.15, 0.2) is 0 Å². The Kier molecular flexibility index (Phi) is 6.06. The van der Waals surface area contributed by atoms with Crippen LogP contribution in [0.2, 0.25) is 0 Å². The van der Waals surface area contributed by atoms with Gasteiger partial charge in [0.1, 0.15) is 0 Å². The number of rotatable bonds is 5. The van der Waals surface area contributed by atoms with Gasteiger partial charge >= 0.3 is 0 Å². The summed E-state index contributed by atoms with van der Waals surface area (Å²) in [5, 5.41) is 0. The third-order valence-corrected chi connectivity index (χ3v) is 1.47. The Morgan fingerprint density at radius 3 is 2.22 bits per heavy atom. The topological polar surface area (TPSA) is 9.23 Å². The van der Waals surface area contributed by atoms with Crippen molar-refractivity contribution in [1.82, 2.24) is 0 Å². The first-order valence-corrected chi connectivity index (χ1v) is 3.96. The molecule has 0 fully saturated rings. The largest absolute Gasteiger partial charge is 0.379 e. The van der Waals surface area contributed by atoms with Gasteiger partial charge in [0, 0.05) is 6.61 Å². The van der Waals surface area contributed by atoms with Crippen molar-refractivity contribution in [3.8, 4) is 0 Å². The van der Waals surface area contributed by atoms with Crippen LogP contribution in [0, 0.1) is 0 Å². The quantitative estimate of drug-likeness (QED) is 0.556. The lowest BCUT2D eigenvalue weighted by Crippen LogP contribution is -2.10. The van der Waals surface area contributed by atoms with Gasteiger partial charge in [0.25, 0.3) is 0 Å². The molecule has 0 heterocycles. The molecule has 0 bridgehead atoms. The van der Waals surface area contributed by atoms with Crippen LogP contribution in [-0.2, 0) is 4.74 Å². The van der Waals surface area contributed by atoms with Gasteiger partial charge in [-0.05, 0) is 19.8 Å². The zero-order chi connectivity index (χ0) is 7.11. The number of ether oxygens (including phenoxy) is 1. The van der Waals surface area contributed by atoms with Crippen molar-refractivity contribution < 1.29 is 4.74 Å². The highest BCUT2D eigenvalue weighted by atomic mass is 16.5. The maximum absolute atomic E-state index is 5.43. The van der Waals surface area contributed by atoms with E-state index >= 15 is 0 Å². The Balaban J connectivity index is 3.18. The molecule has 9 heavy (non-hydrogen) atoms. The highest BCUT2D eigenvalue weighted by molar-refractivity contribution is 4.52. The lowest BCUT2D eigenvalue weighted by Gasteiger charge is -2.12. The van der Waals surface area contributed by atoms with Crippen molar-refractivity contribution in [3.63, 3.8) is 0 Å². The molecule has 1 atom stereocenters. The van der Waals surface area contributed by atoms with Crippen LogP contribution in [0.4, 0.5) is 0 Å². The zero-order valence-electron chi connectivity index (χ0n) is 6.81. The lowest BCUT2D eigenvalue weighted by molar-refractivity contribution is 0.0538. The minimum atomic E-state index is 0.514. The summed E-state index contributed by atoms with van der Waals surface area (Å²) in [5.41, 5.74) is 0. The van der Waals surface area contributed by atoms with E-state index in [4.69, 9.17) is 4.74 Å². The van der Waals surface area contributed by atoms with Crippen LogP contribution in [0.3, 0.4) is 0 Å². The average molecular weight is 130 g/mol. The van der Waals surface area contributed by atoms with Gasteiger partial charge in [0.15, 0.2) is 0 Å². The summed E-state index contributed by atoms with van der Waals surface area (Å²) >= 11 is 0. The highest BCUT2D eigenvalue weighted by Gasteiger charge is 2.01. The monoisotopic (exact) mass is 130 g/mol. The van der Waals surface area contributed by atoms with Gasteiger partial charge in [-0.25, -0.2) is 0 Å². The van der Waals surface area contributed by atoms with Gasteiger partial charge in [-0.3, -0.25) is 0 Å². The Hall–Kier alpha value is -0.0400. The molecular formula is C8H18O. The van der Waals surface area contributed by atoms with Crippen LogP contribution in [0.25, 0.3) is 0 Å². The molecule has 0 rings (SSSR count). The van der Waals surface area contributed by atoms with Gasteiger partial charge in [0.2, 0.25) is 0 Å². The summed E-state index contributed by atoms with van der Waals surface area (Å²) in [4.78, 5) is 0. The molecule has 1 nitrogen and oxygen atoms in total. The molecule has 0 radical (unpaired) electrons. The maximum atomic E-state index is 5.43. The van der Waals surface area contributed by atoms with Crippen LogP contribution < -0.4 is 0 Å². The van der Waals surface area contributed by atoms with Crippen molar-refractivity contribution in [3.05, 3.63) is 0 Å². The summed E-state index contributed by atoms with van der Waals surface area (Å²) in [6.07, 6.45) is 4.12. The van der Waals surface area contributed by atoms with E-state index in [9.17, 15) is 0 Å². The van der Waals surface area contributed by atoms with E-state index in [1.165, 1.54) is 12.8 Å². The van der Waals surface area contributed by atoms with E-state index in [1.807, 2.05) is 0 Å². The summed E-state index contributed by atoms with van der Waals surface area (Å²) in [7, 11) is 0. The third-order valence-electron chi connectivity index (χ3n) is 1.47. The van der Waals surface area contributed by atoms with Crippen LogP contribution >= 0.6 is 0 Å². The first-order valence-electron chi connectivity index (χ1n) is 3.96. The Bertz CT molecular complexity index is 46.5. The van der Waals surface area contributed by atoms with E-state index in [-0.39, 0.29) is 0 Å². The average Bonchev–Trinajstić information content (AvgIpc) is 1.88. The fourth-order valence-electron chi connectivity index (χ4n) is 0.963. The van der Waals surface area contributed by atoms with E-state index in [0.29, 0.717) is 6.10 Å². The molecule has 0 spiro atoms. The SMILES string of the molecule is CCC[C@@H](CC)OCC. The van der Waals surface area contributed by atoms with E-state index in [2.05, 4.69) is 20.8 Å². The smallest absolute Gasteiger partial charge is 0.0572 e. The maximum Gasteiger partial charge on any atom is 0.0572 e. The minimum Gasteiger partial charge on any atom is -0.379 e. The molecule has 0 aliphatic carbocycles. The van der Waals surface area contributed by atoms with Crippen LogP contribution in [-0.4, -0.2) is 12.7 Å². The van der Waals surface area contributed by atoms with Crippen molar-refractivity contribution in [1.29, 1.82) is 0 Å². The molecule has 0 aromatic heterocycles. The molecule has 56 valence electrons. The van der Waals surface area contributed by atoms with Crippen molar-refractivity contribution in [2.45, 2.75) is 46.1 Å². The second-order valence-corrected chi connectivity index (χ2v) is 2.27. The molecule has 0 aliphatic heterocycles. The summed E-state index contributed by atoms with van der Waals surface area (Å²) in [6.45, 7) is 7.29. The van der Waals surface area contributed by atoms with Gasteiger partial charge in [-0.15, -0.1) is 0 Å². The Morgan fingerprint density at radius 2 is 1.89 bits per heavy atom. The Labute approximate surface area is 58.4 Å². The molecule has 0 unspecified atom stereocenters. The van der Waals surface area contributed by atoms with E-state index < -0.39 is 0 Å². The summed E-state index contributed by atoms with van der Waals surface area (Å²) in [6, 6.07) is 0. The molecule has 0 saturated carbocycles. The van der Waals surface area contributed by atoms with Gasteiger partial charge in [-0.2, -0.15) is 0 Å². The summed E-state index contributed by atoms with van der Waals surface area (Å²) < 4.78 is 5.43. The molecule has 0 saturated heterocycles. The normalized spacial score (nSPS) is 13.7.